The van der Waals surface area contributed by atoms with E-state index in [1.807, 2.05) is 24.3 Å². The fourth-order valence-corrected chi connectivity index (χ4v) is 4.55. The van der Waals surface area contributed by atoms with Crippen molar-refractivity contribution in [3.05, 3.63) is 66.0 Å². The number of fused-ring (bicyclic) bond motifs is 1. The molecule has 2 aromatic carbocycles. The Balaban J connectivity index is 1.44. The van der Waals surface area contributed by atoms with Crippen molar-refractivity contribution < 1.29 is 4.79 Å². The first kappa shape index (κ1) is 20.6. The van der Waals surface area contributed by atoms with Crippen molar-refractivity contribution in [2.75, 3.05) is 13.1 Å². The molecule has 4 rings (SSSR count). The molecule has 0 spiro atoms. The lowest BCUT2D eigenvalue weighted by Gasteiger charge is -2.32. The molecule has 1 aliphatic heterocycles. The molecule has 0 aliphatic carbocycles. The first-order valence-corrected chi connectivity index (χ1v) is 11.1. The average molecular weight is 405 g/mol. The number of nitrogens with one attached hydrogen (secondary N) is 1. The molecule has 0 bridgehead atoms. The van der Waals surface area contributed by atoms with E-state index < -0.39 is 0 Å². The highest BCUT2D eigenvalue weighted by molar-refractivity contribution is 5.79. The molecule has 1 aliphatic rings. The van der Waals surface area contributed by atoms with Gasteiger partial charge >= 0.3 is 0 Å². The molecule has 30 heavy (non-hydrogen) atoms. The summed E-state index contributed by atoms with van der Waals surface area (Å²) in [5.41, 5.74) is 3.37. The Morgan fingerprint density at radius 2 is 1.83 bits per heavy atom. The maximum atomic E-state index is 12.9. The van der Waals surface area contributed by atoms with Gasteiger partial charge in [-0.25, -0.2) is 4.98 Å². The van der Waals surface area contributed by atoms with Crippen LogP contribution in [0.3, 0.4) is 0 Å². The minimum absolute atomic E-state index is 0.0271. The highest BCUT2D eigenvalue weighted by Gasteiger charge is 2.28. The predicted octanol–water partition coefficient (Wildman–Crippen LogP) is 4.71. The van der Waals surface area contributed by atoms with E-state index in [0.29, 0.717) is 6.04 Å². The van der Waals surface area contributed by atoms with Crippen LogP contribution >= 0.6 is 0 Å². The summed E-state index contributed by atoms with van der Waals surface area (Å²) < 4.78 is 2.33. The van der Waals surface area contributed by atoms with Crippen LogP contribution in [0.1, 0.15) is 57.1 Å². The fourth-order valence-electron chi connectivity index (χ4n) is 4.55. The molecule has 0 saturated carbocycles. The van der Waals surface area contributed by atoms with Crippen LogP contribution in [-0.4, -0.2) is 33.4 Å². The Hall–Kier alpha value is -2.66. The Morgan fingerprint density at radius 1 is 1.10 bits per heavy atom. The van der Waals surface area contributed by atoms with Crippen LogP contribution in [0.15, 0.2) is 54.6 Å². The van der Waals surface area contributed by atoms with Crippen molar-refractivity contribution in [2.24, 2.45) is 5.92 Å². The molecule has 1 saturated heterocycles. The second kappa shape index (κ2) is 9.00. The van der Waals surface area contributed by atoms with Crippen LogP contribution < -0.4 is 5.32 Å². The van der Waals surface area contributed by atoms with Gasteiger partial charge in [0.05, 0.1) is 29.5 Å². The van der Waals surface area contributed by atoms with Crippen molar-refractivity contribution in [2.45, 2.75) is 52.2 Å². The quantitative estimate of drug-likeness (QED) is 0.647. The minimum atomic E-state index is 0.0271. The van der Waals surface area contributed by atoms with E-state index in [4.69, 9.17) is 4.98 Å². The molecule has 1 fully saturated rings. The van der Waals surface area contributed by atoms with Crippen LogP contribution in [0.25, 0.3) is 11.0 Å². The highest BCUT2D eigenvalue weighted by atomic mass is 16.2. The van der Waals surface area contributed by atoms with E-state index in [0.717, 1.165) is 49.4 Å². The summed E-state index contributed by atoms with van der Waals surface area (Å²) in [5, 5.41) is 3.21. The summed E-state index contributed by atoms with van der Waals surface area (Å²) in [6, 6.07) is 18.9. The summed E-state index contributed by atoms with van der Waals surface area (Å²) in [5.74, 6) is 1.28. The number of benzene rings is 2. The van der Waals surface area contributed by atoms with E-state index in [-0.39, 0.29) is 17.9 Å². The maximum absolute atomic E-state index is 12.9. The van der Waals surface area contributed by atoms with Crippen LogP contribution in [0.5, 0.6) is 0 Å². The highest BCUT2D eigenvalue weighted by Crippen LogP contribution is 2.25. The number of likely N-dealkylation sites (tertiary alicyclic amines) is 1. The zero-order valence-electron chi connectivity index (χ0n) is 18.2. The molecule has 1 amide bonds. The average Bonchev–Trinajstić information content (AvgIpc) is 3.12. The lowest BCUT2D eigenvalue weighted by molar-refractivity contribution is -0.127. The van der Waals surface area contributed by atoms with Gasteiger partial charge in [-0.1, -0.05) is 42.5 Å². The van der Waals surface area contributed by atoms with E-state index in [2.05, 4.69) is 65.9 Å². The number of amides is 1. The molecule has 5 heteroatoms. The van der Waals surface area contributed by atoms with Crippen LogP contribution in [0, 0.1) is 5.92 Å². The van der Waals surface area contributed by atoms with Gasteiger partial charge in [0.25, 0.3) is 0 Å². The van der Waals surface area contributed by atoms with Gasteiger partial charge in [0, 0.05) is 12.6 Å². The molecule has 2 atom stereocenters. The topological polar surface area (TPSA) is 50.2 Å². The summed E-state index contributed by atoms with van der Waals surface area (Å²) in [6.07, 6.45) is 1.99. The molecule has 3 aromatic rings. The summed E-state index contributed by atoms with van der Waals surface area (Å²) >= 11 is 0. The van der Waals surface area contributed by atoms with Gasteiger partial charge in [-0.2, -0.15) is 0 Å². The van der Waals surface area contributed by atoms with Crippen molar-refractivity contribution in [1.82, 2.24) is 19.8 Å². The number of carbonyl (C=O) groups excluding carboxylic acids is 1. The Morgan fingerprint density at radius 3 is 2.60 bits per heavy atom. The van der Waals surface area contributed by atoms with Gasteiger partial charge in [0.1, 0.15) is 5.82 Å². The summed E-state index contributed by atoms with van der Waals surface area (Å²) in [6.45, 7) is 9.04. The van der Waals surface area contributed by atoms with Gasteiger partial charge in [0.2, 0.25) is 5.91 Å². The Bertz CT molecular complexity index is 995. The number of para-hydroxylation sites is 2. The lowest BCUT2D eigenvalue weighted by Crippen LogP contribution is -2.43. The number of hydrogen-bond donors (Lipinski definition) is 1. The molecule has 0 radical (unpaired) electrons. The first-order valence-electron chi connectivity index (χ1n) is 11.1. The Kier molecular flexibility index (Phi) is 6.18. The van der Waals surface area contributed by atoms with E-state index >= 15 is 0 Å². The third-order valence-corrected chi connectivity index (χ3v) is 6.08. The number of rotatable bonds is 6. The Labute approximate surface area is 179 Å². The molecule has 1 N–H and O–H groups in total. The lowest BCUT2D eigenvalue weighted by atomic mass is 9.96. The SMILES string of the molecule is CC(C)n1c(CN2CCC[C@@H](C(=O)N[C@H](C)c3ccccc3)C2)nc2ccccc21. The summed E-state index contributed by atoms with van der Waals surface area (Å²) in [7, 11) is 0. The smallest absolute Gasteiger partial charge is 0.224 e. The molecular formula is C25H32N4O. The number of carbonyl (C=O) groups is 1. The molecule has 0 unspecified atom stereocenters. The number of piperidine rings is 1. The van der Waals surface area contributed by atoms with Crippen molar-refractivity contribution in [1.29, 1.82) is 0 Å². The first-order chi connectivity index (χ1) is 14.5. The monoisotopic (exact) mass is 404 g/mol. The molecule has 5 nitrogen and oxygen atoms in total. The molecule has 1 aromatic heterocycles. The van der Waals surface area contributed by atoms with E-state index in [9.17, 15) is 4.79 Å². The number of imidazole rings is 1. The summed E-state index contributed by atoms with van der Waals surface area (Å²) in [4.78, 5) is 20.2. The van der Waals surface area contributed by atoms with Crippen LogP contribution in [0.2, 0.25) is 0 Å². The zero-order chi connectivity index (χ0) is 21.1. The second-order valence-corrected chi connectivity index (χ2v) is 8.70. The maximum Gasteiger partial charge on any atom is 0.224 e. The second-order valence-electron chi connectivity index (χ2n) is 8.70. The number of nitrogens with zero attached hydrogens (tertiary/aromatic N) is 3. The molecule has 2 heterocycles. The zero-order valence-corrected chi connectivity index (χ0v) is 18.2. The number of aromatic nitrogens is 2. The van der Waals surface area contributed by atoms with E-state index in [1.165, 1.54) is 5.52 Å². The van der Waals surface area contributed by atoms with Crippen molar-refractivity contribution >= 4 is 16.9 Å². The van der Waals surface area contributed by atoms with Crippen LogP contribution in [-0.2, 0) is 11.3 Å². The van der Waals surface area contributed by atoms with Gasteiger partial charge in [-0.05, 0) is 57.9 Å². The third-order valence-electron chi connectivity index (χ3n) is 6.08. The van der Waals surface area contributed by atoms with E-state index in [1.54, 1.807) is 0 Å². The molecule has 158 valence electrons. The van der Waals surface area contributed by atoms with Gasteiger partial charge in [0.15, 0.2) is 0 Å². The number of hydrogen-bond acceptors (Lipinski definition) is 3. The predicted molar refractivity (Wildman–Crippen MR) is 121 cm³/mol. The molecular weight excluding hydrogens is 372 g/mol. The normalized spacial score (nSPS) is 18.6. The third kappa shape index (κ3) is 4.41. The fraction of sp³-hybridized carbons (Fsp3) is 0.440. The minimum Gasteiger partial charge on any atom is -0.349 e. The van der Waals surface area contributed by atoms with Gasteiger partial charge in [-0.3, -0.25) is 9.69 Å². The standard InChI is InChI=1S/C25H32N4O/c1-18(2)29-23-14-8-7-13-22(23)27-24(29)17-28-15-9-12-21(16-28)25(30)26-19(3)20-10-5-4-6-11-20/h4-8,10-11,13-14,18-19,21H,9,12,15-17H2,1-3H3,(H,26,30)/t19-,21-/m1/s1. The van der Waals surface area contributed by atoms with Gasteiger partial charge < -0.3 is 9.88 Å². The largest absolute Gasteiger partial charge is 0.349 e. The van der Waals surface area contributed by atoms with Gasteiger partial charge in [-0.15, -0.1) is 0 Å². The van der Waals surface area contributed by atoms with Crippen molar-refractivity contribution in [3.63, 3.8) is 0 Å². The van der Waals surface area contributed by atoms with Crippen LogP contribution in [0.4, 0.5) is 0 Å². The van der Waals surface area contributed by atoms with Crippen molar-refractivity contribution in [3.8, 4) is 0 Å².